The van der Waals surface area contributed by atoms with Gasteiger partial charge in [0.2, 0.25) is 0 Å². The average Bonchev–Trinajstić information content (AvgIpc) is 2.52. The van der Waals surface area contributed by atoms with Gasteiger partial charge in [-0.25, -0.2) is 0 Å². The lowest BCUT2D eigenvalue weighted by Gasteiger charge is -2.20. The van der Waals surface area contributed by atoms with Gasteiger partial charge < -0.3 is 10.4 Å². The van der Waals surface area contributed by atoms with Crippen molar-refractivity contribution in [3.63, 3.8) is 0 Å². The van der Waals surface area contributed by atoms with Crippen LogP contribution in [-0.2, 0) is 0 Å². The molecule has 0 spiro atoms. The topological polar surface area (TPSA) is 73.1 Å². The molecule has 1 atom stereocenters. The molecular weight excluding hydrogens is 284 g/mol. The number of amides is 1. The van der Waals surface area contributed by atoms with E-state index in [1.165, 1.54) is 11.8 Å². The number of hydrogen-bond acceptors (Lipinski definition) is 4. The molecule has 1 amide bonds. The molecular formula is C16H22N2O2S. The van der Waals surface area contributed by atoms with Gasteiger partial charge in [-0.2, -0.15) is 5.26 Å². The van der Waals surface area contributed by atoms with Gasteiger partial charge in [0.1, 0.15) is 0 Å². The number of rotatable bonds is 8. The fourth-order valence-electron chi connectivity index (χ4n) is 2.18. The summed E-state index contributed by atoms with van der Waals surface area (Å²) in [4.78, 5) is 13.0. The Labute approximate surface area is 130 Å². The lowest BCUT2D eigenvalue weighted by molar-refractivity contribution is 0.0814. The van der Waals surface area contributed by atoms with E-state index in [4.69, 9.17) is 5.26 Å². The largest absolute Gasteiger partial charge is 0.391 e. The van der Waals surface area contributed by atoms with Crippen LogP contribution in [0.3, 0.4) is 0 Å². The molecule has 0 aliphatic carbocycles. The van der Waals surface area contributed by atoms with E-state index in [1.54, 1.807) is 12.1 Å². The second kappa shape index (κ2) is 9.43. The van der Waals surface area contributed by atoms with E-state index in [2.05, 4.69) is 11.4 Å². The Balaban J connectivity index is 2.66. The third kappa shape index (κ3) is 5.41. The predicted octanol–water partition coefficient (Wildman–Crippen LogP) is 2.83. The maximum Gasteiger partial charge on any atom is 0.252 e. The first-order chi connectivity index (χ1) is 10.1. The molecule has 0 aromatic heterocycles. The highest BCUT2D eigenvalue weighted by atomic mass is 32.2. The van der Waals surface area contributed by atoms with E-state index in [0.717, 1.165) is 17.7 Å². The number of nitrogens with one attached hydrogen (secondary N) is 1. The molecule has 0 saturated carbocycles. The van der Waals surface area contributed by atoms with E-state index in [9.17, 15) is 9.90 Å². The zero-order valence-corrected chi connectivity index (χ0v) is 13.3. The van der Waals surface area contributed by atoms with Crippen molar-refractivity contribution < 1.29 is 9.90 Å². The van der Waals surface area contributed by atoms with E-state index in [-0.39, 0.29) is 18.4 Å². The van der Waals surface area contributed by atoms with Gasteiger partial charge in [-0.05, 0) is 18.1 Å². The van der Waals surface area contributed by atoms with Crippen LogP contribution in [0.15, 0.2) is 29.2 Å². The standard InChI is InChI=1S/C16H22N2O2S/c1-3-12(4-2)14(19)11-18-16(20)13-7-5-6-8-15(13)21-10-9-17/h5-8,12,14,19H,3-4,10-11H2,1-2H3,(H,18,20). The quantitative estimate of drug-likeness (QED) is 0.724. The summed E-state index contributed by atoms with van der Waals surface area (Å²) in [6.45, 7) is 4.32. The fourth-order valence-corrected chi connectivity index (χ4v) is 2.89. The third-order valence-corrected chi connectivity index (χ3v) is 4.43. The Hall–Kier alpha value is -1.51. The molecule has 114 valence electrons. The summed E-state index contributed by atoms with van der Waals surface area (Å²) < 4.78 is 0. The highest BCUT2D eigenvalue weighted by molar-refractivity contribution is 7.99. The number of hydrogen-bond donors (Lipinski definition) is 2. The van der Waals surface area contributed by atoms with Gasteiger partial charge >= 0.3 is 0 Å². The molecule has 21 heavy (non-hydrogen) atoms. The molecule has 1 rings (SSSR count). The SMILES string of the molecule is CCC(CC)C(O)CNC(=O)c1ccccc1SCC#N. The van der Waals surface area contributed by atoms with Gasteiger partial charge in [0.15, 0.2) is 0 Å². The Bertz CT molecular complexity index is 495. The molecule has 4 nitrogen and oxygen atoms in total. The second-order valence-electron chi connectivity index (χ2n) is 4.80. The molecule has 5 heteroatoms. The minimum absolute atomic E-state index is 0.202. The van der Waals surface area contributed by atoms with Gasteiger partial charge in [-0.1, -0.05) is 38.8 Å². The third-order valence-electron chi connectivity index (χ3n) is 3.49. The van der Waals surface area contributed by atoms with Crippen molar-refractivity contribution in [1.29, 1.82) is 5.26 Å². The molecule has 0 fully saturated rings. The van der Waals surface area contributed by atoms with Crippen LogP contribution in [-0.4, -0.2) is 29.4 Å². The molecule has 0 aliphatic rings. The monoisotopic (exact) mass is 306 g/mol. The van der Waals surface area contributed by atoms with Gasteiger partial charge in [-0.15, -0.1) is 11.8 Å². The molecule has 0 heterocycles. The number of benzene rings is 1. The molecule has 0 radical (unpaired) electrons. The van der Waals surface area contributed by atoms with Crippen LogP contribution in [0.2, 0.25) is 0 Å². The van der Waals surface area contributed by atoms with E-state index >= 15 is 0 Å². The zero-order chi connectivity index (χ0) is 15.7. The van der Waals surface area contributed by atoms with Crippen LogP contribution in [0.25, 0.3) is 0 Å². The van der Waals surface area contributed by atoms with E-state index < -0.39 is 6.10 Å². The molecule has 1 unspecified atom stereocenters. The van der Waals surface area contributed by atoms with Crippen LogP contribution in [0, 0.1) is 17.2 Å². The first-order valence-electron chi connectivity index (χ1n) is 7.19. The van der Waals surface area contributed by atoms with Crippen molar-refractivity contribution in [2.24, 2.45) is 5.92 Å². The number of carbonyl (C=O) groups excluding carboxylic acids is 1. The summed E-state index contributed by atoms with van der Waals surface area (Å²) in [5.41, 5.74) is 0.550. The number of nitrogens with zero attached hydrogens (tertiary/aromatic N) is 1. The zero-order valence-electron chi connectivity index (χ0n) is 12.5. The summed E-state index contributed by atoms with van der Waals surface area (Å²) in [6.07, 6.45) is 1.26. The van der Waals surface area contributed by atoms with Gasteiger partial charge in [-0.3, -0.25) is 4.79 Å². The van der Waals surface area contributed by atoms with Gasteiger partial charge in [0.05, 0.1) is 23.5 Å². The summed E-state index contributed by atoms with van der Waals surface area (Å²) in [7, 11) is 0. The summed E-state index contributed by atoms with van der Waals surface area (Å²) >= 11 is 1.34. The highest BCUT2D eigenvalue weighted by Crippen LogP contribution is 2.22. The molecule has 1 aromatic carbocycles. The van der Waals surface area contributed by atoms with Crippen molar-refractivity contribution >= 4 is 17.7 Å². The number of carbonyl (C=O) groups is 1. The van der Waals surface area contributed by atoms with Crippen LogP contribution < -0.4 is 5.32 Å². The highest BCUT2D eigenvalue weighted by Gasteiger charge is 2.17. The predicted molar refractivity (Wildman–Crippen MR) is 85.2 cm³/mol. The van der Waals surface area contributed by atoms with Crippen LogP contribution in [0.4, 0.5) is 0 Å². The number of aliphatic hydroxyl groups is 1. The smallest absolute Gasteiger partial charge is 0.252 e. The Morgan fingerprint density at radius 1 is 1.38 bits per heavy atom. The average molecular weight is 306 g/mol. The van der Waals surface area contributed by atoms with Gasteiger partial charge in [0.25, 0.3) is 5.91 Å². The van der Waals surface area contributed by atoms with Crippen molar-refractivity contribution in [2.75, 3.05) is 12.3 Å². The Kier molecular flexibility index (Phi) is 7.88. The maximum atomic E-state index is 12.2. The van der Waals surface area contributed by atoms with Crippen LogP contribution in [0.5, 0.6) is 0 Å². The molecule has 0 aliphatic heterocycles. The second-order valence-corrected chi connectivity index (χ2v) is 5.81. The Morgan fingerprint density at radius 2 is 2.05 bits per heavy atom. The summed E-state index contributed by atoms with van der Waals surface area (Å²) in [5.74, 6) is 0.301. The number of nitriles is 1. The maximum absolute atomic E-state index is 12.2. The van der Waals surface area contributed by atoms with E-state index in [0.29, 0.717) is 11.3 Å². The lowest BCUT2D eigenvalue weighted by Crippen LogP contribution is -2.36. The van der Waals surface area contributed by atoms with Crippen LogP contribution in [0.1, 0.15) is 37.0 Å². The number of thioether (sulfide) groups is 1. The summed E-state index contributed by atoms with van der Waals surface area (Å²) in [6, 6.07) is 9.25. The fraction of sp³-hybridized carbons (Fsp3) is 0.500. The molecule has 0 saturated heterocycles. The van der Waals surface area contributed by atoms with Crippen molar-refractivity contribution in [2.45, 2.75) is 37.7 Å². The lowest BCUT2D eigenvalue weighted by atomic mass is 9.96. The Morgan fingerprint density at radius 3 is 2.67 bits per heavy atom. The minimum atomic E-state index is -0.525. The van der Waals surface area contributed by atoms with E-state index in [1.807, 2.05) is 26.0 Å². The van der Waals surface area contributed by atoms with Gasteiger partial charge in [0, 0.05) is 11.4 Å². The summed E-state index contributed by atoms with van der Waals surface area (Å²) in [5, 5.41) is 21.5. The number of aliphatic hydroxyl groups excluding tert-OH is 1. The molecule has 1 aromatic rings. The van der Waals surface area contributed by atoms with Crippen molar-refractivity contribution in [3.8, 4) is 6.07 Å². The van der Waals surface area contributed by atoms with Crippen LogP contribution >= 0.6 is 11.8 Å². The van der Waals surface area contributed by atoms with Crippen molar-refractivity contribution in [3.05, 3.63) is 29.8 Å². The normalized spacial score (nSPS) is 12.0. The first kappa shape index (κ1) is 17.5. The molecule has 2 N–H and O–H groups in total. The minimum Gasteiger partial charge on any atom is -0.391 e. The molecule has 0 bridgehead atoms. The first-order valence-corrected chi connectivity index (χ1v) is 8.17. The van der Waals surface area contributed by atoms with Crippen molar-refractivity contribution in [1.82, 2.24) is 5.32 Å².